The highest BCUT2D eigenvalue weighted by Gasteiger charge is 2.35. The van der Waals surface area contributed by atoms with Crippen molar-refractivity contribution in [2.24, 2.45) is 4.99 Å². The van der Waals surface area contributed by atoms with Crippen LogP contribution in [0.4, 0.5) is 0 Å². The lowest BCUT2D eigenvalue weighted by molar-refractivity contribution is -0.138. The molecule has 7 nitrogen and oxygen atoms in total. The van der Waals surface area contributed by atoms with Gasteiger partial charge in [0, 0.05) is 16.1 Å². The van der Waals surface area contributed by atoms with E-state index in [2.05, 4.69) is 5.92 Å². The van der Waals surface area contributed by atoms with E-state index in [4.69, 9.17) is 37.2 Å². The van der Waals surface area contributed by atoms with Gasteiger partial charge < -0.3 is 14.2 Å². The van der Waals surface area contributed by atoms with Gasteiger partial charge in [0.1, 0.15) is 18.1 Å². The second kappa shape index (κ2) is 12.9. The van der Waals surface area contributed by atoms with Crippen molar-refractivity contribution >= 4 is 40.7 Å². The first-order valence-electron chi connectivity index (χ1n) is 13.3. The minimum Gasteiger partial charge on any atom is -0.494 e. The minimum atomic E-state index is -0.801. The van der Waals surface area contributed by atoms with Gasteiger partial charge in [-0.15, -0.1) is 6.42 Å². The first-order valence-corrected chi connectivity index (χ1v) is 14.5. The molecule has 0 unspecified atom stereocenters. The Morgan fingerprint density at radius 2 is 1.83 bits per heavy atom. The largest absolute Gasteiger partial charge is 0.494 e. The average Bonchev–Trinajstić information content (AvgIpc) is 3.31. The summed E-state index contributed by atoms with van der Waals surface area (Å²) in [7, 11) is 0. The molecule has 4 aromatic rings. The van der Waals surface area contributed by atoms with Crippen molar-refractivity contribution in [2.45, 2.75) is 19.9 Å². The molecule has 9 heteroatoms. The van der Waals surface area contributed by atoms with Crippen molar-refractivity contribution in [3.63, 3.8) is 0 Å². The molecule has 3 aromatic carbocycles. The van der Waals surface area contributed by atoms with Gasteiger partial charge in [-0.05, 0) is 55.8 Å². The fraction of sp³-hybridized carbons (Fsp3) is 0.182. The molecule has 42 heavy (non-hydrogen) atoms. The zero-order valence-corrected chi connectivity index (χ0v) is 24.6. The summed E-state index contributed by atoms with van der Waals surface area (Å²) in [6.45, 7) is 4.39. The Morgan fingerprint density at radius 1 is 1.07 bits per heavy atom. The van der Waals surface area contributed by atoms with Gasteiger partial charge in [0.05, 0.1) is 35.1 Å². The molecule has 1 aliphatic rings. The molecule has 5 rings (SSSR count). The lowest BCUT2D eigenvalue weighted by atomic mass is 9.93. The molecule has 1 aromatic heterocycles. The van der Waals surface area contributed by atoms with Crippen LogP contribution in [0.25, 0.3) is 11.8 Å². The van der Waals surface area contributed by atoms with Gasteiger partial charge in [-0.25, -0.2) is 9.79 Å². The zero-order valence-electron chi connectivity index (χ0n) is 23.0. The SMILES string of the molecule is C#CCOc1ccc(Cl)cc1/C=c1\sc2n(c1=O)[C@H](c1ccc(OCC)cc1)C(C(=O)OCC)=C(c1ccccc1)N=2. The van der Waals surface area contributed by atoms with Crippen molar-refractivity contribution < 1.29 is 19.0 Å². The molecule has 0 N–H and O–H groups in total. The Bertz CT molecular complexity index is 1870. The predicted molar refractivity (Wildman–Crippen MR) is 164 cm³/mol. The van der Waals surface area contributed by atoms with Crippen LogP contribution in [0, 0.1) is 12.3 Å². The van der Waals surface area contributed by atoms with E-state index in [1.807, 2.05) is 61.5 Å². The molecular weight excluding hydrogens is 572 g/mol. The van der Waals surface area contributed by atoms with E-state index in [1.54, 1.807) is 31.2 Å². The van der Waals surface area contributed by atoms with Gasteiger partial charge in [-0.1, -0.05) is 71.3 Å². The van der Waals surface area contributed by atoms with Crippen LogP contribution in [-0.2, 0) is 9.53 Å². The summed E-state index contributed by atoms with van der Waals surface area (Å²) in [5, 5.41) is 0.477. The predicted octanol–water partition coefficient (Wildman–Crippen LogP) is 5.00. The van der Waals surface area contributed by atoms with Crippen molar-refractivity contribution in [1.82, 2.24) is 4.57 Å². The van der Waals surface area contributed by atoms with Gasteiger partial charge in [-0.3, -0.25) is 9.36 Å². The number of hydrogen-bond donors (Lipinski definition) is 0. The number of aromatic nitrogens is 1. The topological polar surface area (TPSA) is 79.1 Å². The lowest BCUT2D eigenvalue weighted by Gasteiger charge is -2.26. The van der Waals surface area contributed by atoms with E-state index in [1.165, 1.54) is 15.9 Å². The van der Waals surface area contributed by atoms with E-state index in [-0.39, 0.29) is 24.3 Å². The summed E-state index contributed by atoms with van der Waals surface area (Å²) in [5.41, 5.74) is 2.42. The maximum Gasteiger partial charge on any atom is 0.338 e. The van der Waals surface area contributed by atoms with Gasteiger partial charge in [0.2, 0.25) is 0 Å². The molecule has 1 atom stereocenters. The molecule has 0 aliphatic carbocycles. The third-order valence-corrected chi connectivity index (χ3v) is 7.67. The molecular formula is C33H27ClN2O5S. The Balaban J connectivity index is 1.79. The number of carbonyl (C=O) groups is 1. The van der Waals surface area contributed by atoms with Crippen LogP contribution in [0.15, 0.2) is 88.2 Å². The molecule has 0 amide bonds. The van der Waals surface area contributed by atoms with Gasteiger partial charge in [-0.2, -0.15) is 0 Å². The number of ether oxygens (including phenoxy) is 3. The molecule has 0 bridgehead atoms. The first-order chi connectivity index (χ1) is 20.4. The third-order valence-electron chi connectivity index (χ3n) is 6.45. The quantitative estimate of drug-likeness (QED) is 0.200. The van der Waals surface area contributed by atoms with Crippen LogP contribution in [-0.4, -0.2) is 30.4 Å². The summed E-state index contributed by atoms with van der Waals surface area (Å²) >= 11 is 7.49. The third kappa shape index (κ3) is 5.89. The molecule has 0 saturated heterocycles. The zero-order chi connectivity index (χ0) is 29.6. The standard InChI is InChI=1S/C33H27ClN2O5S/c1-4-18-41-26-17-14-24(34)19-23(26)20-27-31(37)36-30(22-12-15-25(16-13-22)39-5-2)28(32(38)40-6-3)29(35-33(36)42-27)21-10-8-7-9-11-21/h1,7-17,19-20,30H,5-6,18H2,2-3H3/b27-20-/t30-/m1/s1. The van der Waals surface area contributed by atoms with Crippen LogP contribution < -0.4 is 24.4 Å². The maximum absolute atomic E-state index is 14.1. The van der Waals surface area contributed by atoms with Crippen molar-refractivity contribution in [3.05, 3.63) is 120 Å². The molecule has 1 aliphatic heterocycles. The number of nitrogens with zero attached hydrogens (tertiary/aromatic N) is 2. The summed E-state index contributed by atoms with van der Waals surface area (Å²) < 4.78 is 18.8. The monoisotopic (exact) mass is 598 g/mol. The number of halogens is 1. The Morgan fingerprint density at radius 3 is 2.52 bits per heavy atom. The minimum absolute atomic E-state index is 0.0603. The number of thiazole rings is 1. The molecule has 0 radical (unpaired) electrons. The van der Waals surface area contributed by atoms with Crippen molar-refractivity contribution in [1.29, 1.82) is 0 Å². The molecule has 2 heterocycles. The van der Waals surface area contributed by atoms with Gasteiger partial charge in [0.25, 0.3) is 5.56 Å². The van der Waals surface area contributed by atoms with Crippen LogP contribution in [0.3, 0.4) is 0 Å². The highest BCUT2D eigenvalue weighted by Crippen LogP contribution is 2.35. The lowest BCUT2D eigenvalue weighted by Crippen LogP contribution is -2.40. The number of fused-ring (bicyclic) bond motifs is 1. The Kier molecular flexibility index (Phi) is 8.91. The summed E-state index contributed by atoms with van der Waals surface area (Å²) in [6, 6.07) is 21.0. The van der Waals surface area contributed by atoms with Crippen LogP contribution in [0.1, 0.15) is 36.6 Å². The number of terminal acetylenes is 1. The van der Waals surface area contributed by atoms with Crippen molar-refractivity contribution in [3.8, 4) is 23.8 Å². The molecule has 0 spiro atoms. The van der Waals surface area contributed by atoms with Crippen molar-refractivity contribution in [2.75, 3.05) is 19.8 Å². The summed E-state index contributed by atoms with van der Waals surface area (Å²) in [5.74, 6) is 3.07. The number of esters is 1. The van der Waals surface area contributed by atoms with E-state index in [0.717, 1.165) is 5.56 Å². The van der Waals surface area contributed by atoms with E-state index in [9.17, 15) is 9.59 Å². The fourth-order valence-corrected chi connectivity index (χ4v) is 5.87. The number of benzene rings is 3. The molecule has 212 valence electrons. The Hall–Kier alpha value is -4.58. The fourth-order valence-electron chi connectivity index (χ4n) is 4.69. The highest BCUT2D eigenvalue weighted by atomic mass is 35.5. The second-order valence-electron chi connectivity index (χ2n) is 9.11. The smallest absolute Gasteiger partial charge is 0.338 e. The normalized spacial score (nSPS) is 14.5. The summed E-state index contributed by atoms with van der Waals surface area (Å²) in [6.07, 6.45) is 7.09. The number of rotatable bonds is 9. The van der Waals surface area contributed by atoms with Crippen LogP contribution >= 0.6 is 22.9 Å². The van der Waals surface area contributed by atoms with Gasteiger partial charge >= 0.3 is 5.97 Å². The molecule has 0 fully saturated rings. The average molecular weight is 599 g/mol. The first kappa shape index (κ1) is 28.9. The van der Waals surface area contributed by atoms with Gasteiger partial charge in [0.15, 0.2) is 4.80 Å². The molecule has 0 saturated carbocycles. The van der Waals surface area contributed by atoms with E-state index >= 15 is 0 Å². The Labute approximate surface area is 252 Å². The van der Waals surface area contributed by atoms with E-state index < -0.39 is 12.0 Å². The maximum atomic E-state index is 14.1. The van der Waals surface area contributed by atoms with Crippen LogP contribution in [0.2, 0.25) is 5.02 Å². The van der Waals surface area contributed by atoms with E-state index in [0.29, 0.717) is 49.3 Å². The van der Waals surface area contributed by atoms with Crippen LogP contribution in [0.5, 0.6) is 11.5 Å². The number of carbonyl (C=O) groups excluding carboxylic acids is 1. The summed E-state index contributed by atoms with van der Waals surface area (Å²) in [4.78, 5) is 33.0. The highest BCUT2D eigenvalue weighted by molar-refractivity contribution is 7.07. The number of hydrogen-bond acceptors (Lipinski definition) is 7. The second-order valence-corrected chi connectivity index (χ2v) is 10.6.